The molecule has 0 saturated heterocycles. The Morgan fingerprint density at radius 3 is 2.49 bits per heavy atom. The summed E-state index contributed by atoms with van der Waals surface area (Å²) in [6, 6.07) is 20.8. The van der Waals surface area contributed by atoms with Gasteiger partial charge in [0, 0.05) is 10.7 Å². The average Bonchev–Trinajstić information content (AvgIpc) is 3.29. The molecule has 0 atom stereocenters. The van der Waals surface area contributed by atoms with Gasteiger partial charge >= 0.3 is 0 Å². The summed E-state index contributed by atoms with van der Waals surface area (Å²) < 4.78 is 3.07. The number of benzene rings is 3. The Balaban J connectivity index is 1.59. The Morgan fingerprint density at radius 2 is 1.77 bits per heavy atom. The maximum absolute atomic E-state index is 13.5. The number of amides is 1. The van der Waals surface area contributed by atoms with Crippen molar-refractivity contribution in [1.82, 2.24) is 19.2 Å². The highest BCUT2D eigenvalue weighted by molar-refractivity contribution is 6.31. The fourth-order valence-electron chi connectivity index (χ4n) is 4.07. The standard InChI is InChI=1S/C27H24ClN5O2/c1-16(2)18-9-11-20(12-10-18)29-26(34)24-30-25-27(35)32(15-19-6-4-5-7-21(19)28)23-14-17(3)8-13-22(23)33(25)31-24/h4-14,16H,15H2,1-3H3,(H,29,34). The van der Waals surface area contributed by atoms with Crippen molar-refractivity contribution >= 4 is 39.9 Å². The molecule has 176 valence electrons. The van der Waals surface area contributed by atoms with Crippen LogP contribution in [0.3, 0.4) is 0 Å². The fraction of sp³-hybridized carbons (Fsp3) is 0.185. The first-order chi connectivity index (χ1) is 16.8. The van der Waals surface area contributed by atoms with Crippen LogP contribution in [0, 0.1) is 6.92 Å². The summed E-state index contributed by atoms with van der Waals surface area (Å²) in [6.45, 7) is 6.45. The second-order valence-corrected chi connectivity index (χ2v) is 9.28. The lowest BCUT2D eigenvalue weighted by Gasteiger charge is -2.13. The second kappa shape index (κ2) is 9.00. The zero-order valence-electron chi connectivity index (χ0n) is 19.6. The lowest BCUT2D eigenvalue weighted by molar-refractivity contribution is 0.101. The lowest BCUT2D eigenvalue weighted by atomic mass is 10.0. The van der Waals surface area contributed by atoms with Crippen LogP contribution < -0.4 is 10.9 Å². The summed E-state index contributed by atoms with van der Waals surface area (Å²) in [7, 11) is 0. The van der Waals surface area contributed by atoms with Gasteiger partial charge < -0.3 is 5.32 Å². The number of aromatic nitrogens is 4. The van der Waals surface area contributed by atoms with Crippen LogP contribution in [0.4, 0.5) is 5.69 Å². The molecule has 2 aromatic heterocycles. The third kappa shape index (κ3) is 4.31. The molecule has 8 heteroatoms. The minimum Gasteiger partial charge on any atom is -0.319 e. The highest BCUT2D eigenvalue weighted by atomic mass is 35.5. The van der Waals surface area contributed by atoms with Crippen LogP contribution in [0.25, 0.3) is 16.7 Å². The average molecular weight is 486 g/mol. The quantitative estimate of drug-likeness (QED) is 0.360. The molecule has 0 spiro atoms. The lowest BCUT2D eigenvalue weighted by Crippen LogP contribution is -2.24. The predicted octanol–water partition coefficient (Wildman–Crippen LogP) is 5.43. The monoisotopic (exact) mass is 485 g/mol. The van der Waals surface area contributed by atoms with Crippen molar-refractivity contribution in [2.45, 2.75) is 33.2 Å². The Kier molecular flexibility index (Phi) is 5.86. The highest BCUT2D eigenvalue weighted by Crippen LogP contribution is 2.21. The molecule has 0 aliphatic carbocycles. The van der Waals surface area contributed by atoms with Crippen LogP contribution in [-0.2, 0) is 6.54 Å². The molecular formula is C27H24ClN5O2. The first-order valence-electron chi connectivity index (χ1n) is 11.4. The van der Waals surface area contributed by atoms with Crippen LogP contribution in [0.1, 0.15) is 47.1 Å². The van der Waals surface area contributed by atoms with Crippen LogP contribution in [0.5, 0.6) is 0 Å². The summed E-state index contributed by atoms with van der Waals surface area (Å²) in [6.07, 6.45) is 0. The number of fused-ring (bicyclic) bond motifs is 3. The molecule has 0 fully saturated rings. The van der Waals surface area contributed by atoms with Gasteiger partial charge in [0.1, 0.15) is 0 Å². The van der Waals surface area contributed by atoms with E-state index < -0.39 is 5.91 Å². The van der Waals surface area contributed by atoms with E-state index in [4.69, 9.17) is 11.6 Å². The molecule has 0 radical (unpaired) electrons. The third-order valence-corrected chi connectivity index (χ3v) is 6.39. The van der Waals surface area contributed by atoms with E-state index in [0.717, 1.165) is 11.1 Å². The first kappa shape index (κ1) is 22.8. The zero-order chi connectivity index (χ0) is 24.7. The molecule has 7 nitrogen and oxygen atoms in total. The number of nitrogens with one attached hydrogen (secondary N) is 1. The molecule has 0 aliphatic heterocycles. The van der Waals surface area contributed by atoms with Crippen LogP contribution in [0.15, 0.2) is 71.5 Å². The van der Waals surface area contributed by atoms with Gasteiger partial charge in [-0.25, -0.2) is 4.52 Å². The third-order valence-electron chi connectivity index (χ3n) is 6.02. The summed E-state index contributed by atoms with van der Waals surface area (Å²) in [4.78, 5) is 30.8. The zero-order valence-corrected chi connectivity index (χ0v) is 20.4. The highest BCUT2D eigenvalue weighted by Gasteiger charge is 2.20. The van der Waals surface area contributed by atoms with Crippen molar-refractivity contribution in [2.75, 3.05) is 5.32 Å². The van der Waals surface area contributed by atoms with Gasteiger partial charge in [-0.1, -0.05) is 61.8 Å². The van der Waals surface area contributed by atoms with Gasteiger partial charge in [-0.3, -0.25) is 14.2 Å². The number of anilines is 1. The molecular weight excluding hydrogens is 462 g/mol. The number of hydrogen-bond acceptors (Lipinski definition) is 4. The summed E-state index contributed by atoms with van der Waals surface area (Å²) in [5.41, 5.74) is 4.70. The summed E-state index contributed by atoms with van der Waals surface area (Å²) in [5, 5.41) is 7.79. The van der Waals surface area contributed by atoms with Gasteiger partial charge in [0.25, 0.3) is 11.5 Å². The number of hydrogen-bond donors (Lipinski definition) is 1. The SMILES string of the molecule is Cc1ccc2c(c1)n(Cc1ccccc1Cl)c(=O)c1nc(C(=O)Nc3ccc(C(C)C)cc3)nn12. The second-order valence-electron chi connectivity index (χ2n) is 8.88. The van der Waals surface area contributed by atoms with E-state index in [-0.39, 0.29) is 23.6 Å². The van der Waals surface area contributed by atoms with E-state index in [1.807, 2.05) is 67.6 Å². The molecule has 35 heavy (non-hydrogen) atoms. The van der Waals surface area contributed by atoms with E-state index in [1.54, 1.807) is 10.6 Å². The molecule has 5 rings (SSSR count). The maximum atomic E-state index is 13.5. The normalized spacial score (nSPS) is 11.5. The number of carbonyl (C=O) groups excluding carboxylic acids is 1. The Morgan fingerprint density at radius 1 is 1.03 bits per heavy atom. The minimum atomic E-state index is -0.483. The number of halogens is 1. The number of rotatable bonds is 5. The van der Waals surface area contributed by atoms with Gasteiger partial charge in [-0.05, 0) is 59.9 Å². The van der Waals surface area contributed by atoms with Crippen molar-refractivity contribution in [3.05, 3.63) is 105 Å². The molecule has 3 aromatic carbocycles. The predicted molar refractivity (Wildman–Crippen MR) is 139 cm³/mol. The fourth-order valence-corrected chi connectivity index (χ4v) is 4.26. The van der Waals surface area contributed by atoms with Crippen LogP contribution in [0.2, 0.25) is 5.02 Å². The van der Waals surface area contributed by atoms with Crippen molar-refractivity contribution in [3.8, 4) is 0 Å². The molecule has 1 N–H and O–H groups in total. The number of carbonyl (C=O) groups is 1. The summed E-state index contributed by atoms with van der Waals surface area (Å²) >= 11 is 6.38. The van der Waals surface area contributed by atoms with Crippen LogP contribution >= 0.6 is 11.6 Å². The Hall–Kier alpha value is -3.97. The Bertz CT molecular complexity index is 1630. The molecule has 0 saturated carbocycles. The summed E-state index contributed by atoms with van der Waals surface area (Å²) in [5.74, 6) is -0.166. The molecule has 0 bridgehead atoms. The smallest absolute Gasteiger partial charge is 0.296 e. The van der Waals surface area contributed by atoms with Crippen LogP contribution in [-0.4, -0.2) is 25.1 Å². The van der Waals surface area contributed by atoms with Gasteiger partial charge in [0.05, 0.1) is 17.6 Å². The van der Waals surface area contributed by atoms with E-state index in [1.165, 1.54) is 10.1 Å². The van der Waals surface area contributed by atoms with Crippen molar-refractivity contribution in [3.63, 3.8) is 0 Å². The number of aryl methyl sites for hydroxylation is 1. The van der Waals surface area contributed by atoms with Gasteiger partial charge in [-0.15, -0.1) is 5.10 Å². The van der Waals surface area contributed by atoms with Gasteiger partial charge in [0.2, 0.25) is 11.5 Å². The van der Waals surface area contributed by atoms with E-state index in [2.05, 4.69) is 29.2 Å². The molecule has 2 heterocycles. The van der Waals surface area contributed by atoms with E-state index >= 15 is 0 Å². The largest absolute Gasteiger partial charge is 0.319 e. The maximum Gasteiger partial charge on any atom is 0.296 e. The topological polar surface area (TPSA) is 81.3 Å². The minimum absolute atomic E-state index is 0.0765. The van der Waals surface area contributed by atoms with Gasteiger partial charge in [0.15, 0.2) is 0 Å². The van der Waals surface area contributed by atoms with E-state index in [0.29, 0.717) is 27.7 Å². The van der Waals surface area contributed by atoms with Crippen molar-refractivity contribution in [2.24, 2.45) is 0 Å². The Labute approximate surface area is 207 Å². The molecule has 0 aliphatic rings. The molecule has 1 amide bonds. The van der Waals surface area contributed by atoms with Crippen molar-refractivity contribution in [1.29, 1.82) is 0 Å². The molecule has 0 unspecified atom stereocenters. The van der Waals surface area contributed by atoms with Gasteiger partial charge in [-0.2, -0.15) is 4.98 Å². The van der Waals surface area contributed by atoms with Crippen molar-refractivity contribution < 1.29 is 4.79 Å². The number of nitrogens with zero attached hydrogens (tertiary/aromatic N) is 4. The molecule has 5 aromatic rings. The first-order valence-corrected chi connectivity index (χ1v) is 11.7. The van der Waals surface area contributed by atoms with E-state index in [9.17, 15) is 9.59 Å².